The number of aromatic amines is 1. The van der Waals surface area contributed by atoms with Gasteiger partial charge in [-0.1, -0.05) is 68.8 Å². The minimum absolute atomic E-state index is 0.266. The molecule has 1 saturated carbocycles. The third-order valence-electron chi connectivity index (χ3n) is 9.54. The average Bonchev–Trinajstić information content (AvgIpc) is 3.32. The zero-order valence-corrected chi connectivity index (χ0v) is 28.3. The van der Waals surface area contributed by atoms with Crippen LogP contribution < -0.4 is 0 Å². The molecule has 224 valence electrons. The molecule has 0 radical (unpaired) electrons. The number of hydrogen-bond acceptors (Lipinski definition) is 3. The van der Waals surface area contributed by atoms with E-state index in [0.29, 0.717) is 16.7 Å². The van der Waals surface area contributed by atoms with Crippen LogP contribution in [0.4, 0.5) is 0 Å². The quantitative estimate of drug-likeness (QED) is 0.199. The van der Waals surface area contributed by atoms with Crippen LogP contribution >= 0.6 is 11.6 Å². The van der Waals surface area contributed by atoms with Crippen LogP contribution in [0.15, 0.2) is 71.6 Å². The minimum atomic E-state index is -3.21. The fourth-order valence-electron chi connectivity index (χ4n) is 5.74. The molecule has 1 heterocycles. The van der Waals surface area contributed by atoms with Crippen LogP contribution in [-0.4, -0.2) is 34.6 Å². The van der Waals surface area contributed by atoms with E-state index in [1.54, 1.807) is 12.1 Å². The lowest BCUT2D eigenvalue weighted by Crippen LogP contribution is -2.42. The predicted molar refractivity (Wildman–Crippen MR) is 180 cm³/mol. The molecule has 1 N–H and O–H groups in total. The molecule has 4 nitrogen and oxygen atoms in total. The highest BCUT2D eigenvalue weighted by Crippen LogP contribution is 2.39. The van der Waals surface area contributed by atoms with Crippen molar-refractivity contribution in [3.05, 3.63) is 77.4 Å². The summed E-state index contributed by atoms with van der Waals surface area (Å²) >= 11 is 6.78. The van der Waals surface area contributed by atoms with Gasteiger partial charge in [0.15, 0.2) is 18.2 Å². The molecule has 0 bridgehead atoms. The first-order valence-electron chi connectivity index (χ1n) is 15.1. The predicted octanol–water partition coefficient (Wildman–Crippen LogP) is 9.93. The number of aromatic nitrogens is 1. The summed E-state index contributed by atoms with van der Waals surface area (Å²) in [5.41, 5.74) is 6.43. The number of rotatable bonds is 8. The van der Waals surface area contributed by atoms with Crippen molar-refractivity contribution in [3.63, 3.8) is 0 Å². The van der Waals surface area contributed by atoms with Crippen LogP contribution in [0.2, 0.25) is 23.2 Å². The van der Waals surface area contributed by atoms with Gasteiger partial charge in [-0.2, -0.15) is 0 Å². The lowest BCUT2D eigenvalue weighted by molar-refractivity contribution is 0.170. The molecule has 0 spiro atoms. The fourth-order valence-corrected chi connectivity index (χ4v) is 7.73. The molecule has 1 aromatic heterocycles. The summed E-state index contributed by atoms with van der Waals surface area (Å²) in [4.78, 5) is 3.96. The normalized spacial score (nSPS) is 18.5. The van der Waals surface area contributed by atoms with E-state index in [1.807, 2.05) is 18.2 Å². The van der Waals surface area contributed by atoms with Crippen molar-refractivity contribution in [2.24, 2.45) is 11.8 Å². The lowest BCUT2D eigenvalue weighted by atomic mass is 9.80. The molecule has 0 atom stereocenters. The maximum Gasteiger partial charge on any atom is 0.191 e. The van der Waals surface area contributed by atoms with E-state index in [-0.39, 0.29) is 5.04 Å². The Hall–Kier alpha value is -2.38. The van der Waals surface area contributed by atoms with Gasteiger partial charge in [0.1, 0.15) is 0 Å². The molecule has 0 aliphatic heterocycles. The number of hydrogen-bond donors (Lipinski definition) is 1. The number of H-pyrrole nitrogens is 1. The summed E-state index contributed by atoms with van der Waals surface area (Å²) in [6.07, 6.45) is 7.33. The first kappa shape index (κ1) is 31.1. The second-order valence-electron chi connectivity index (χ2n) is 13.7. The number of nitrogens with one attached hydrogen (secondary N) is 1. The van der Waals surface area contributed by atoms with Gasteiger partial charge in [0.05, 0.1) is 9.92 Å². The van der Waals surface area contributed by atoms with Crippen molar-refractivity contribution in [1.29, 1.82) is 0 Å². The molecule has 1 aliphatic carbocycles. The smallest absolute Gasteiger partial charge is 0.191 e. The van der Waals surface area contributed by atoms with Crippen LogP contribution in [0, 0.1) is 11.8 Å². The summed E-state index contributed by atoms with van der Waals surface area (Å²) in [6, 6.07) is 21.8. The maximum absolute atomic E-state index is 11.8. The molecular formula is C35H44ClNO3SSi. The van der Waals surface area contributed by atoms with E-state index >= 15 is 0 Å². The van der Waals surface area contributed by atoms with E-state index in [0.717, 1.165) is 45.8 Å². The van der Waals surface area contributed by atoms with E-state index in [4.69, 9.17) is 16.0 Å². The minimum Gasteiger partial charge on any atom is -0.417 e. The van der Waals surface area contributed by atoms with Crippen molar-refractivity contribution in [2.75, 3.05) is 12.9 Å². The molecule has 1 fully saturated rings. The molecular weight excluding hydrogens is 578 g/mol. The highest BCUT2D eigenvalue weighted by molar-refractivity contribution is 7.90. The zero-order chi connectivity index (χ0) is 30.3. The molecule has 3 aromatic carbocycles. The molecule has 5 rings (SSSR count). The Morgan fingerprint density at radius 2 is 1.40 bits per heavy atom. The van der Waals surface area contributed by atoms with Crippen molar-refractivity contribution in [1.82, 2.24) is 4.98 Å². The summed E-state index contributed by atoms with van der Waals surface area (Å²) in [7, 11) is -4.89. The fraction of sp³-hybridized carbons (Fsp3) is 0.429. The Kier molecular flexibility index (Phi) is 8.84. The summed E-state index contributed by atoms with van der Waals surface area (Å²) in [5, 5.41) is 2.17. The van der Waals surface area contributed by atoms with E-state index in [9.17, 15) is 8.42 Å². The Morgan fingerprint density at radius 3 is 1.98 bits per heavy atom. The van der Waals surface area contributed by atoms with Gasteiger partial charge >= 0.3 is 0 Å². The number of halogens is 1. The molecule has 0 saturated heterocycles. The van der Waals surface area contributed by atoms with Crippen LogP contribution in [0.5, 0.6) is 0 Å². The SMILES string of the molecule is CC(C)(C)[Si](C)(C)OC[C@H]1CC[C@H](Cc2cc3cc(-c4ccc(-c5ccc(S(C)(=O)=O)cc5)cc4)c(Cl)cc3[nH]2)CC1. The first-order chi connectivity index (χ1) is 19.7. The number of fused-ring (bicyclic) bond motifs is 1. The third kappa shape index (κ3) is 7.04. The summed E-state index contributed by atoms with van der Waals surface area (Å²) < 4.78 is 30.1. The van der Waals surface area contributed by atoms with Gasteiger partial charge in [-0.3, -0.25) is 0 Å². The van der Waals surface area contributed by atoms with Gasteiger partial charge < -0.3 is 9.41 Å². The molecule has 42 heavy (non-hydrogen) atoms. The van der Waals surface area contributed by atoms with E-state index in [1.165, 1.54) is 43.0 Å². The molecule has 4 aromatic rings. The van der Waals surface area contributed by atoms with E-state index in [2.05, 4.69) is 75.2 Å². The highest BCUT2D eigenvalue weighted by atomic mass is 35.5. The molecule has 7 heteroatoms. The average molecular weight is 622 g/mol. The highest BCUT2D eigenvalue weighted by Gasteiger charge is 2.37. The van der Waals surface area contributed by atoms with Gasteiger partial charge in [-0.25, -0.2) is 8.42 Å². The van der Waals surface area contributed by atoms with Gasteiger partial charge in [0.2, 0.25) is 0 Å². The van der Waals surface area contributed by atoms with Crippen molar-refractivity contribution in [3.8, 4) is 22.3 Å². The third-order valence-corrected chi connectivity index (χ3v) is 15.5. The van der Waals surface area contributed by atoms with Crippen LogP contribution in [0.1, 0.15) is 52.1 Å². The van der Waals surface area contributed by atoms with Gasteiger partial charge in [0, 0.05) is 35.0 Å². The Morgan fingerprint density at radius 1 is 0.857 bits per heavy atom. The number of sulfone groups is 1. The zero-order valence-electron chi connectivity index (χ0n) is 25.8. The Labute approximate surface area is 257 Å². The standard InChI is InChI=1S/C35H44ClNO3SSi/c1-35(2,3)42(5,6)40-23-25-9-7-24(8-10-25)19-30-20-29-21-32(33(36)22-34(29)37-30)28-13-11-26(12-14-28)27-15-17-31(18-16-27)41(4,38)39/h11-18,20-22,24-25,37H,7-10,19,23H2,1-6H3/t24-,25-. The monoisotopic (exact) mass is 621 g/mol. The second kappa shape index (κ2) is 12.0. The first-order valence-corrected chi connectivity index (χ1v) is 20.2. The Balaban J connectivity index is 1.22. The lowest BCUT2D eigenvalue weighted by Gasteiger charge is -2.38. The molecule has 1 aliphatic rings. The van der Waals surface area contributed by atoms with Crippen molar-refractivity contribution in [2.45, 2.75) is 75.9 Å². The summed E-state index contributed by atoms with van der Waals surface area (Å²) in [6.45, 7) is 12.6. The maximum atomic E-state index is 11.8. The van der Waals surface area contributed by atoms with Gasteiger partial charge in [-0.05, 0) is 109 Å². The summed E-state index contributed by atoms with van der Waals surface area (Å²) in [5.74, 6) is 1.40. The molecule has 0 unspecified atom stereocenters. The Bertz CT molecular complexity index is 1640. The largest absolute Gasteiger partial charge is 0.417 e. The van der Waals surface area contributed by atoms with Crippen LogP contribution in [0.3, 0.4) is 0 Å². The van der Waals surface area contributed by atoms with Gasteiger partial charge in [-0.15, -0.1) is 0 Å². The second-order valence-corrected chi connectivity index (χ2v) is 21.0. The topological polar surface area (TPSA) is 59.2 Å². The van der Waals surface area contributed by atoms with E-state index < -0.39 is 18.2 Å². The van der Waals surface area contributed by atoms with Crippen LogP contribution in [0.25, 0.3) is 33.2 Å². The van der Waals surface area contributed by atoms with Crippen LogP contribution in [-0.2, 0) is 20.7 Å². The van der Waals surface area contributed by atoms with Crippen molar-refractivity contribution < 1.29 is 12.8 Å². The number of benzene rings is 3. The molecule has 0 amide bonds. The van der Waals surface area contributed by atoms with Crippen molar-refractivity contribution >= 4 is 40.7 Å². The van der Waals surface area contributed by atoms with Gasteiger partial charge in [0.25, 0.3) is 0 Å².